The quantitative estimate of drug-likeness (QED) is 0.927. The van der Waals surface area contributed by atoms with Crippen LogP contribution in [0.2, 0.25) is 0 Å². The number of methoxy groups -OCH3 is 1. The highest BCUT2D eigenvalue weighted by molar-refractivity contribution is 5.44. The summed E-state index contributed by atoms with van der Waals surface area (Å²) < 4.78 is 11.2. The number of fused-ring (bicyclic) bond motifs is 1. The number of aryl methyl sites for hydroxylation is 2. The van der Waals surface area contributed by atoms with Gasteiger partial charge in [0.1, 0.15) is 11.5 Å². The summed E-state index contributed by atoms with van der Waals surface area (Å²) in [6.07, 6.45) is 0.991. The zero-order chi connectivity index (χ0) is 15.5. The summed E-state index contributed by atoms with van der Waals surface area (Å²) in [6.45, 7) is 5.84. The lowest BCUT2D eigenvalue weighted by Crippen LogP contribution is -2.27. The van der Waals surface area contributed by atoms with Crippen LogP contribution in [0.25, 0.3) is 0 Å². The van der Waals surface area contributed by atoms with Gasteiger partial charge in [-0.25, -0.2) is 0 Å². The van der Waals surface area contributed by atoms with Gasteiger partial charge in [0, 0.05) is 30.1 Å². The van der Waals surface area contributed by atoms with Crippen LogP contribution in [0.5, 0.6) is 11.5 Å². The molecule has 2 aromatic carbocycles. The van der Waals surface area contributed by atoms with Crippen molar-refractivity contribution in [2.24, 2.45) is 0 Å². The first-order chi connectivity index (χ1) is 10.7. The molecule has 0 radical (unpaired) electrons. The van der Waals surface area contributed by atoms with Crippen LogP contribution < -0.4 is 14.8 Å². The van der Waals surface area contributed by atoms with Crippen molar-refractivity contribution in [3.05, 3.63) is 58.7 Å². The van der Waals surface area contributed by atoms with Gasteiger partial charge < -0.3 is 14.8 Å². The Hall–Kier alpha value is -2.00. The molecule has 1 atom stereocenters. The van der Waals surface area contributed by atoms with Gasteiger partial charge in [0.2, 0.25) is 0 Å². The average Bonchev–Trinajstić information content (AvgIpc) is 2.54. The third-order valence-electron chi connectivity index (χ3n) is 4.40. The zero-order valence-electron chi connectivity index (χ0n) is 13.5. The topological polar surface area (TPSA) is 30.5 Å². The molecule has 1 aliphatic heterocycles. The van der Waals surface area contributed by atoms with Crippen LogP contribution in [0, 0.1) is 13.8 Å². The number of hydrogen-bond acceptors (Lipinski definition) is 3. The molecule has 0 amide bonds. The molecule has 116 valence electrons. The molecule has 1 unspecified atom stereocenters. The van der Waals surface area contributed by atoms with E-state index in [9.17, 15) is 0 Å². The smallest absolute Gasteiger partial charge is 0.124 e. The predicted molar refractivity (Wildman–Crippen MR) is 88.6 cm³/mol. The summed E-state index contributed by atoms with van der Waals surface area (Å²) >= 11 is 0. The molecule has 0 spiro atoms. The van der Waals surface area contributed by atoms with Gasteiger partial charge in [0.25, 0.3) is 0 Å². The van der Waals surface area contributed by atoms with Crippen molar-refractivity contribution in [1.29, 1.82) is 0 Å². The minimum absolute atomic E-state index is 0.327. The Morgan fingerprint density at radius 1 is 1.18 bits per heavy atom. The van der Waals surface area contributed by atoms with E-state index in [-0.39, 0.29) is 0 Å². The highest BCUT2D eigenvalue weighted by Gasteiger charge is 2.22. The second-order valence-electron chi connectivity index (χ2n) is 5.86. The van der Waals surface area contributed by atoms with Crippen molar-refractivity contribution in [3.8, 4) is 11.5 Å². The molecule has 0 saturated carbocycles. The van der Waals surface area contributed by atoms with Gasteiger partial charge in [-0.1, -0.05) is 24.3 Å². The van der Waals surface area contributed by atoms with Crippen LogP contribution in [-0.4, -0.2) is 13.7 Å². The molecule has 1 aliphatic rings. The van der Waals surface area contributed by atoms with E-state index in [0.717, 1.165) is 31.1 Å². The number of benzene rings is 2. The van der Waals surface area contributed by atoms with E-state index in [2.05, 4.69) is 37.4 Å². The van der Waals surface area contributed by atoms with Crippen molar-refractivity contribution in [2.45, 2.75) is 32.9 Å². The van der Waals surface area contributed by atoms with Gasteiger partial charge >= 0.3 is 0 Å². The van der Waals surface area contributed by atoms with Crippen molar-refractivity contribution >= 4 is 0 Å². The third kappa shape index (κ3) is 2.95. The van der Waals surface area contributed by atoms with Gasteiger partial charge in [-0.15, -0.1) is 0 Å². The van der Waals surface area contributed by atoms with E-state index in [1.54, 1.807) is 7.11 Å². The Kier molecular flexibility index (Phi) is 4.34. The minimum atomic E-state index is 0.327. The van der Waals surface area contributed by atoms with Crippen LogP contribution in [0.3, 0.4) is 0 Å². The fourth-order valence-corrected chi connectivity index (χ4v) is 2.95. The monoisotopic (exact) mass is 297 g/mol. The SMILES string of the molecule is COc1ccccc1CNC1CCOc2cc(C)c(C)cc21. The molecule has 0 fully saturated rings. The lowest BCUT2D eigenvalue weighted by molar-refractivity contribution is 0.251. The molecule has 22 heavy (non-hydrogen) atoms. The van der Waals surface area contributed by atoms with Crippen LogP contribution in [0.1, 0.15) is 34.7 Å². The third-order valence-corrected chi connectivity index (χ3v) is 4.40. The summed E-state index contributed by atoms with van der Waals surface area (Å²) in [7, 11) is 1.72. The zero-order valence-corrected chi connectivity index (χ0v) is 13.5. The Morgan fingerprint density at radius 3 is 2.77 bits per heavy atom. The van der Waals surface area contributed by atoms with Gasteiger partial charge in [0.05, 0.1) is 13.7 Å². The van der Waals surface area contributed by atoms with Gasteiger partial charge in [-0.05, 0) is 37.1 Å². The number of nitrogens with one attached hydrogen (secondary N) is 1. The maximum absolute atomic E-state index is 5.82. The number of para-hydroxylation sites is 1. The Bertz CT molecular complexity index is 666. The number of hydrogen-bond donors (Lipinski definition) is 1. The lowest BCUT2D eigenvalue weighted by Gasteiger charge is -2.28. The lowest BCUT2D eigenvalue weighted by atomic mass is 9.96. The standard InChI is InChI=1S/C19H23NO2/c1-13-10-16-17(8-9-22-19(16)11-14(13)2)20-12-15-6-4-5-7-18(15)21-3/h4-7,10-11,17,20H,8-9,12H2,1-3H3. The molecular weight excluding hydrogens is 274 g/mol. The molecular formula is C19H23NO2. The first-order valence-electron chi connectivity index (χ1n) is 7.78. The maximum atomic E-state index is 5.82. The summed E-state index contributed by atoms with van der Waals surface area (Å²) in [5, 5.41) is 3.66. The second kappa shape index (κ2) is 6.41. The Labute approximate surface area is 132 Å². The fourth-order valence-electron chi connectivity index (χ4n) is 2.95. The number of rotatable bonds is 4. The van der Waals surface area contributed by atoms with Crippen molar-refractivity contribution in [2.75, 3.05) is 13.7 Å². The predicted octanol–water partition coefficient (Wildman–Crippen LogP) is 3.93. The van der Waals surface area contributed by atoms with E-state index >= 15 is 0 Å². The molecule has 3 nitrogen and oxygen atoms in total. The molecule has 2 aromatic rings. The highest BCUT2D eigenvalue weighted by Crippen LogP contribution is 2.34. The molecule has 0 aliphatic carbocycles. The largest absolute Gasteiger partial charge is 0.496 e. The first kappa shape index (κ1) is 14.9. The van der Waals surface area contributed by atoms with Crippen molar-refractivity contribution in [1.82, 2.24) is 5.32 Å². The molecule has 0 aromatic heterocycles. The summed E-state index contributed by atoms with van der Waals surface area (Å²) in [5.41, 5.74) is 5.04. The van der Waals surface area contributed by atoms with Gasteiger partial charge in [0.15, 0.2) is 0 Å². The Morgan fingerprint density at radius 2 is 1.95 bits per heavy atom. The van der Waals surface area contributed by atoms with Gasteiger partial charge in [-0.2, -0.15) is 0 Å². The highest BCUT2D eigenvalue weighted by atomic mass is 16.5. The summed E-state index contributed by atoms with van der Waals surface area (Å²) in [4.78, 5) is 0. The average molecular weight is 297 g/mol. The van der Waals surface area contributed by atoms with E-state index in [1.165, 1.54) is 22.3 Å². The van der Waals surface area contributed by atoms with E-state index in [1.807, 2.05) is 18.2 Å². The second-order valence-corrected chi connectivity index (χ2v) is 5.86. The summed E-state index contributed by atoms with van der Waals surface area (Å²) in [6, 6.07) is 12.9. The first-order valence-corrected chi connectivity index (χ1v) is 7.78. The van der Waals surface area contributed by atoms with Crippen LogP contribution in [0.15, 0.2) is 36.4 Å². The summed E-state index contributed by atoms with van der Waals surface area (Å²) in [5.74, 6) is 1.95. The maximum Gasteiger partial charge on any atom is 0.124 e. The van der Waals surface area contributed by atoms with Crippen molar-refractivity contribution < 1.29 is 9.47 Å². The van der Waals surface area contributed by atoms with Gasteiger partial charge in [-0.3, -0.25) is 0 Å². The minimum Gasteiger partial charge on any atom is -0.496 e. The number of ether oxygens (including phenoxy) is 2. The van der Waals surface area contributed by atoms with Crippen LogP contribution >= 0.6 is 0 Å². The molecule has 1 N–H and O–H groups in total. The van der Waals surface area contributed by atoms with Crippen molar-refractivity contribution in [3.63, 3.8) is 0 Å². The van der Waals surface area contributed by atoms with Crippen LogP contribution in [0.4, 0.5) is 0 Å². The normalized spacial score (nSPS) is 16.8. The van der Waals surface area contributed by atoms with E-state index in [4.69, 9.17) is 9.47 Å². The molecule has 0 saturated heterocycles. The molecule has 3 rings (SSSR count). The molecule has 3 heteroatoms. The Balaban J connectivity index is 1.79. The van der Waals surface area contributed by atoms with Crippen LogP contribution in [-0.2, 0) is 6.54 Å². The van der Waals surface area contributed by atoms with E-state index < -0.39 is 0 Å². The molecule has 0 bridgehead atoms. The van der Waals surface area contributed by atoms with E-state index in [0.29, 0.717) is 6.04 Å². The fraction of sp³-hybridized carbons (Fsp3) is 0.368. The molecule has 1 heterocycles.